The van der Waals surface area contributed by atoms with Gasteiger partial charge >= 0.3 is 6.03 Å². The van der Waals surface area contributed by atoms with Gasteiger partial charge in [-0.3, -0.25) is 0 Å². The van der Waals surface area contributed by atoms with Crippen molar-refractivity contribution in [3.63, 3.8) is 0 Å². The zero-order valence-electron chi connectivity index (χ0n) is 15.0. The summed E-state index contributed by atoms with van der Waals surface area (Å²) in [5.74, 6) is -0.524. The van der Waals surface area contributed by atoms with Gasteiger partial charge in [0.15, 0.2) is 11.6 Å². The zero-order chi connectivity index (χ0) is 20.3. The van der Waals surface area contributed by atoms with Crippen LogP contribution in [-0.2, 0) is 10.0 Å². The molecule has 0 aromatic heterocycles. The van der Waals surface area contributed by atoms with Crippen LogP contribution in [-0.4, -0.2) is 45.0 Å². The van der Waals surface area contributed by atoms with E-state index in [4.69, 9.17) is 16.3 Å². The molecule has 7 nitrogen and oxygen atoms in total. The van der Waals surface area contributed by atoms with E-state index in [1.807, 2.05) is 0 Å². The number of rotatable bonds is 5. The van der Waals surface area contributed by atoms with Gasteiger partial charge in [-0.25, -0.2) is 17.6 Å². The summed E-state index contributed by atoms with van der Waals surface area (Å²) >= 11 is 5.88. The highest BCUT2D eigenvalue weighted by molar-refractivity contribution is 7.89. The predicted molar refractivity (Wildman–Crippen MR) is 104 cm³/mol. The molecule has 1 fully saturated rings. The Morgan fingerprint density at radius 1 is 1.29 bits per heavy atom. The number of ether oxygens (including phenoxy) is 1. The minimum absolute atomic E-state index is 0.0728. The molecule has 1 unspecified atom stereocenters. The van der Waals surface area contributed by atoms with Crippen LogP contribution < -0.4 is 15.4 Å². The third-order valence-corrected chi connectivity index (χ3v) is 6.43. The number of nitrogens with zero attached hydrogens (tertiary/aromatic N) is 1. The van der Waals surface area contributed by atoms with Crippen molar-refractivity contribution < 1.29 is 22.3 Å². The van der Waals surface area contributed by atoms with Crippen LogP contribution in [0.25, 0.3) is 0 Å². The minimum Gasteiger partial charge on any atom is -0.494 e. The van der Waals surface area contributed by atoms with E-state index >= 15 is 0 Å². The molecule has 0 bridgehead atoms. The molecular formula is C18H19ClFN3O4S. The smallest absolute Gasteiger partial charge is 0.319 e. The first-order valence-corrected chi connectivity index (χ1v) is 10.3. The SMILES string of the molecule is COc1ccc(NC(=O)NC2CCN(S(=O)(=O)c3cccc(Cl)c3)C2)cc1F. The van der Waals surface area contributed by atoms with Crippen molar-refractivity contribution in [3.05, 3.63) is 53.3 Å². The number of halogens is 2. The lowest BCUT2D eigenvalue weighted by Crippen LogP contribution is -2.40. The van der Waals surface area contributed by atoms with Crippen LogP contribution in [0.3, 0.4) is 0 Å². The summed E-state index contributed by atoms with van der Waals surface area (Å²) in [5, 5.41) is 5.56. The molecular weight excluding hydrogens is 409 g/mol. The molecule has 28 heavy (non-hydrogen) atoms. The maximum absolute atomic E-state index is 13.7. The number of methoxy groups -OCH3 is 1. The molecule has 1 aliphatic heterocycles. The second-order valence-electron chi connectivity index (χ2n) is 6.25. The number of hydrogen-bond acceptors (Lipinski definition) is 4. The fraction of sp³-hybridized carbons (Fsp3) is 0.278. The van der Waals surface area contributed by atoms with E-state index in [1.165, 1.54) is 35.7 Å². The molecule has 1 aliphatic rings. The maximum Gasteiger partial charge on any atom is 0.319 e. The Morgan fingerprint density at radius 3 is 2.75 bits per heavy atom. The predicted octanol–water partition coefficient (Wildman–Crippen LogP) is 3.07. The van der Waals surface area contributed by atoms with Crippen molar-refractivity contribution in [1.29, 1.82) is 0 Å². The standard InChI is InChI=1S/C18H19ClFN3O4S/c1-27-17-6-5-13(10-16(17)20)21-18(24)22-14-7-8-23(11-14)28(25,26)15-4-2-3-12(19)9-15/h2-6,9-10,14H,7-8,11H2,1H3,(H2,21,22,24). The van der Waals surface area contributed by atoms with E-state index in [1.54, 1.807) is 12.1 Å². The number of anilines is 1. The highest BCUT2D eigenvalue weighted by atomic mass is 35.5. The van der Waals surface area contributed by atoms with Crippen molar-refractivity contribution in [2.75, 3.05) is 25.5 Å². The summed E-state index contributed by atoms with van der Waals surface area (Å²) in [4.78, 5) is 12.3. The summed E-state index contributed by atoms with van der Waals surface area (Å²) in [6.07, 6.45) is 0.462. The van der Waals surface area contributed by atoms with Gasteiger partial charge in [0.05, 0.1) is 12.0 Å². The molecule has 2 aromatic carbocycles. The Balaban J connectivity index is 1.60. The van der Waals surface area contributed by atoms with Gasteiger partial charge in [-0.05, 0) is 36.8 Å². The van der Waals surface area contributed by atoms with Gasteiger partial charge in [-0.1, -0.05) is 17.7 Å². The van der Waals surface area contributed by atoms with E-state index < -0.39 is 21.9 Å². The van der Waals surface area contributed by atoms with Gasteiger partial charge in [0, 0.05) is 35.9 Å². The second-order valence-corrected chi connectivity index (χ2v) is 8.63. The molecule has 2 amide bonds. The Hall–Kier alpha value is -2.36. The lowest BCUT2D eigenvalue weighted by atomic mass is 10.2. The zero-order valence-corrected chi connectivity index (χ0v) is 16.6. The maximum atomic E-state index is 13.7. The molecule has 1 saturated heterocycles. The van der Waals surface area contributed by atoms with Crippen LogP contribution in [0.1, 0.15) is 6.42 Å². The monoisotopic (exact) mass is 427 g/mol. The van der Waals surface area contributed by atoms with Gasteiger partial charge in [0.1, 0.15) is 0 Å². The van der Waals surface area contributed by atoms with Gasteiger partial charge in [0.2, 0.25) is 10.0 Å². The number of carbonyl (C=O) groups excluding carboxylic acids is 1. The fourth-order valence-electron chi connectivity index (χ4n) is 2.94. The molecule has 10 heteroatoms. The van der Waals surface area contributed by atoms with Crippen LogP contribution in [0.4, 0.5) is 14.9 Å². The number of urea groups is 1. The Bertz CT molecular complexity index is 987. The Labute approximate surface area is 167 Å². The fourth-order valence-corrected chi connectivity index (χ4v) is 4.74. The summed E-state index contributed by atoms with van der Waals surface area (Å²) < 4.78 is 45.2. The van der Waals surface area contributed by atoms with Gasteiger partial charge in [-0.15, -0.1) is 0 Å². The van der Waals surface area contributed by atoms with E-state index in [0.717, 1.165) is 6.07 Å². The lowest BCUT2D eigenvalue weighted by molar-refractivity contribution is 0.248. The van der Waals surface area contributed by atoms with E-state index in [9.17, 15) is 17.6 Å². The van der Waals surface area contributed by atoms with Crippen LogP contribution in [0, 0.1) is 5.82 Å². The van der Waals surface area contributed by atoms with E-state index in [0.29, 0.717) is 11.4 Å². The average molecular weight is 428 g/mol. The number of benzene rings is 2. The van der Waals surface area contributed by atoms with E-state index in [2.05, 4.69) is 10.6 Å². The molecule has 2 N–H and O–H groups in total. The normalized spacial score (nSPS) is 17.3. The van der Waals surface area contributed by atoms with Crippen LogP contribution >= 0.6 is 11.6 Å². The summed E-state index contributed by atoms with van der Waals surface area (Å²) in [7, 11) is -2.34. The van der Waals surface area contributed by atoms with Crippen LogP contribution in [0.15, 0.2) is 47.4 Å². The van der Waals surface area contributed by atoms with Crippen LogP contribution in [0.5, 0.6) is 5.75 Å². The lowest BCUT2D eigenvalue weighted by Gasteiger charge is -2.17. The van der Waals surface area contributed by atoms with Crippen molar-refractivity contribution in [3.8, 4) is 5.75 Å². The molecule has 0 radical (unpaired) electrons. The number of nitrogens with one attached hydrogen (secondary N) is 2. The molecule has 1 heterocycles. The summed E-state index contributed by atoms with van der Waals surface area (Å²) in [6, 6.07) is 9.18. The molecule has 0 aliphatic carbocycles. The van der Waals surface area contributed by atoms with Crippen LogP contribution in [0.2, 0.25) is 5.02 Å². The van der Waals surface area contributed by atoms with Gasteiger partial charge < -0.3 is 15.4 Å². The highest BCUT2D eigenvalue weighted by Gasteiger charge is 2.33. The van der Waals surface area contributed by atoms with Gasteiger partial charge in [-0.2, -0.15) is 4.31 Å². The van der Waals surface area contributed by atoms with Gasteiger partial charge in [0.25, 0.3) is 0 Å². The second kappa shape index (κ2) is 8.34. The Kier molecular flexibility index (Phi) is 6.07. The summed E-state index contributed by atoms with van der Waals surface area (Å²) in [5.41, 5.74) is 0.261. The Morgan fingerprint density at radius 2 is 2.07 bits per heavy atom. The molecule has 150 valence electrons. The average Bonchev–Trinajstić information content (AvgIpc) is 3.11. The van der Waals surface area contributed by atoms with Crippen molar-refractivity contribution in [1.82, 2.24) is 9.62 Å². The molecule has 0 saturated carbocycles. The molecule has 1 atom stereocenters. The topological polar surface area (TPSA) is 87.7 Å². The molecule has 0 spiro atoms. The highest BCUT2D eigenvalue weighted by Crippen LogP contribution is 2.24. The van der Waals surface area contributed by atoms with Crippen molar-refractivity contribution in [2.45, 2.75) is 17.4 Å². The van der Waals surface area contributed by atoms with E-state index in [-0.39, 0.29) is 35.5 Å². The number of sulfonamides is 1. The first kappa shape index (κ1) is 20.4. The number of hydrogen-bond donors (Lipinski definition) is 2. The third-order valence-electron chi connectivity index (χ3n) is 4.33. The quantitative estimate of drug-likeness (QED) is 0.767. The first-order chi connectivity index (χ1) is 13.3. The molecule has 2 aromatic rings. The number of amides is 2. The minimum atomic E-state index is -3.69. The third kappa shape index (κ3) is 4.54. The largest absolute Gasteiger partial charge is 0.494 e. The van der Waals surface area contributed by atoms with Crippen molar-refractivity contribution >= 4 is 33.3 Å². The van der Waals surface area contributed by atoms with Crippen molar-refractivity contribution in [2.24, 2.45) is 0 Å². The summed E-state index contributed by atoms with van der Waals surface area (Å²) in [6.45, 7) is 0.413. The first-order valence-electron chi connectivity index (χ1n) is 8.46. The number of carbonyl (C=O) groups is 1. The molecule has 3 rings (SSSR count).